The molecule has 9 heteroatoms. The number of hydrogen-bond donors (Lipinski definition) is 2. The molecule has 1 aliphatic heterocycles. The Morgan fingerprint density at radius 2 is 2.09 bits per heavy atom. The Labute approximate surface area is 192 Å². The first-order chi connectivity index (χ1) is 15.9. The van der Waals surface area contributed by atoms with E-state index >= 15 is 0 Å². The molecule has 1 atom stereocenters. The van der Waals surface area contributed by atoms with Gasteiger partial charge in [0.15, 0.2) is 0 Å². The molecule has 3 heterocycles. The number of nitrogens with zero attached hydrogens (tertiary/aromatic N) is 4. The van der Waals surface area contributed by atoms with Crippen LogP contribution in [0.5, 0.6) is 0 Å². The molecule has 1 aliphatic rings. The minimum absolute atomic E-state index is 0.178. The smallest absolute Gasteiger partial charge is 0.271 e. The monoisotopic (exact) mass is 453 g/mol. The first-order valence-electron chi connectivity index (χ1n) is 10.9. The van der Waals surface area contributed by atoms with Gasteiger partial charge in [-0.3, -0.25) is 4.79 Å². The zero-order chi connectivity index (χ0) is 23.5. The first-order valence-corrected chi connectivity index (χ1v) is 10.9. The van der Waals surface area contributed by atoms with Crippen LogP contribution < -0.4 is 5.32 Å². The lowest BCUT2D eigenvalue weighted by atomic mass is 10.0. The van der Waals surface area contributed by atoms with Crippen molar-refractivity contribution >= 4 is 11.9 Å². The van der Waals surface area contributed by atoms with E-state index in [1.807, 2.05) is 36.7 Å². The van der Waals surface area contributed by atoms with Crippen LogP contribution in [0.4, 0.5) is 10.3 Å². The number of methoxy groups -OCH3 is 1. The van der Waals surface area contributed by atoms with Gasteiger partial charge in [-0.1, -0.05) is 6.07 Å². The van der Waals surface area contributed by atoms with Crippen molar-refractivity contribution in [3.8, 4) is 11.3 Å². The van der Waals surface area contributed by atoms with E-state index in [1.54, 1.807) is 24.3 Å². The summed E-state index contributed by atoms with van der Waals surface area (Å²) in [6.45, 7) is 4.83. The molecular formula is C24H28FN5O3. The predicted octanol–water partition coefficient (Wildman–Crippen LogP) is 3.07. The maximum Gasteiger partial charge on any atom is 0.271 e. The molecule has 0 unspecified atom stereocenters. The van der Waals surface area contributed by atoms with Gasteiger partial charge >= 0.3 is 0 Å². The molecule has 33 heavy (non-hydrogen) atoms. The summed E-state index contributed by atoms with van der Waals surface area (Å²) < 4.78 is 21.2. The van der Waals surface area contributed by atoms with Gasteiger partial charge in [0.1, 0.15) is 11.5 Å². The first kappa shape index (κ1) is 22.9. The third-order valence-corrected chi connectivity index (χ3v) is 5.63. The van der Waals surface area contributed by atoms with E-state index in [-0.39, 0.29) is 31.1 Å². The molecule has 2 aromatic heterocycles. The SMILES string of the molecule is COC[C@H]1Cn2cc(-c3ccnc(NC(C)C)n3)cc2C(=O)N1Cc1cc(F)ccc1CO. The summed E-state index contributed by atoms with van der Waals surface area (Å²) >= 11 is 0. The van der Waals surface area contributed by atoms with Gasteiger partial charge in [0.05, 0.1) is 24.9 Å². The van der Waals surface area contributed by atoms with Gasteiger partial charge in [-0.15, -0.1) is 0 Å². The molecule has 0 saturated heterocycles. The topological polar surface area (TPSA) is 92.5 Å². The van der Waals surface area contributed by atoms with Crippen molar-refractivity contribution in [2.75, 3.05) is 19.0 Å². The number of benzene rings is 1. The van der Waals surface area contributed by atoms with Crippen molar-refractivity contribution in [3.05, 3.63) is 65.4 Å². The Balaban J connectivity index is 1.66. The highest BCUT2D eigenvalue weighted by Crippen LogP contribution is 2.28. The van der Waals surface area contributed by atoms with Crippen LogP contribution in [0, 0.1) is 5.82 Å². The molecule has 0 bridgehead atoms. The molecule has 0 radical (unpaired) electrons. The molecule has 174 valence electrons. The van der Waals surface area contributed by atoms with Crippen LogP contribution in [0.25, 0.3) is 11.3 Å². The zero-order valence-electron chi connectivity index (χ0n) is 19.0. The number of aliphatic hydroxyl groups excluding tert-OH is 1. The minimum Gasteiger partial charge on any atom is -0.392 e. The van der Waals surface area contributed by atoms with Crippen molar-refractivity contribution < 1.29 is 19.0 Å². The van der Waals surface area contributed by atoms with Crippen molar-refractivity contribution in [3.63, 3.8) is 0 Å². The number of amides is 1. The fourth-order valence-electron chi connectivity index (χ4n) is 4.08. The summed E-state index contributed by atoms with van der Waals surface area (Å²) in [4.78, 5) is 24.0. The van der Waals surface area contributed by atoms with Crippen molar-refractivity contribution in [1.82, 2.24) is 19.4 Å². The van der Waals surface area contributed by atoms with Crippen LogP contribution in [-0.4, -0.2) is 56.2 Å². The fraction of sp³-hybridized carbons (Fsp3) is 0.375. The summed E-state index contributed by atoms with van der Waals surface area (Å²) in [5.41, 5.74) is 3.22. The maximum absolute atomic E-state index is 13.9. The number of rotatable bonds is 8. The largest absolute Gasteiger partial charge is 0.392 e. The number of halogens is 1. The number of nitrogens with one attached hydrogen (secondary N) is 1. The molecule has 1 aromatic carbocycles. The molecule has 0 spiro atoms. The second-order valence-corrected chi connectivity index (χ2v) is 8.44. The Kier molecular flexibility index (Phi) is 6.71. The van der Waals surface area contributed by atoms with Gasteiger partial charge in [-0.2, -0.15) is 0 Å². The molecule has 4 rings (SSSR count). The third-order valence-electron chi connectivity index (χ3n) is 5.63. The number of ether oxygens (including phenoxy) is 1. The fourth-order valence-corrected chi connectivity index (χ4v) is 4.08. The van der Waals surface area contributed by atoms with Crippen molar-refractivity contribution in [2.45, 2.75) is 45.6 Å². The van der Waals surface area contributed by atoms with Crippen LogP contribution in [0.15, 0.2) is 42.7 Å². The number of fused-ring (bicyclic) bond motifs is 1. The van der Waals surface area contributed by atoms with E-state index in [0.29, 0.717) is 41.6 Å². The van der Waals surface area contributed by atoms with Crippen LogP contribution in [-0.2, 0) is 24.4 Å². The van der Waals surface area contributed by atoms with E-state index in [1.165, 1.54) is 12.1 Å². The van der Waals surface area contributed by atoms with E-state index in [2.05, 4.69) is 15.3 Å². The van der Waals surface area contributed by atoms with E-state index in [9.17, 15) is 14.3 Å². The predicted molar refractivity (Wildman–Crippen MR) is 122 cm³/mol. The molecule has 0 saturated carbocycles. The van der Waals surface area contributed by atoms with Crippen LogP contribution in [0.1, 0.15) is 35.5 Å². The zero-order valence-corrected chi connectivity index (χ0v) is 19.0. The number of hydrogen-bond acceptors (Lipinski definition) is 6. The molecule has 0 fully saturated rings. The summed E-state index contributed by atoms with van der Waals surface area (Å²) in [6.07, 6.45) is 3.60. The number of aromatic nitrogens is 3. The maximum atomic E-state index is 13.9. The van der Waals surface area contributed by atoms with E-state index < -0.39 is 5.82 Å². The Hall–Kier alpha value is -3.30. The lowest BCUT2D eigenvalue weighted by Gasteiger charge is -2.36. The van der Waals surface area contributed by atoms with Crippen molar-refractivity contribution in [2.24, 2.45) is 0 Å². The number of aliphatic hydroxyl groups is 1. The lowest BCUT2D eigenvalue weighted by molar-refractivity contribution is 0.0386. The summed E-state index contributed by atoms with van der Waals surface area (Å²) in [5, 5.41) is 12.9. The van der Waals surface area contributed by atoms with Gasteiger partial charge in [-0.25, -0.2) is 14.4 Å². The molecule has 8 nitrogen and oxygen atoms in total. The highest BCUT2D eigenvalue weighted by Gasteiger charge is 2.33. The van der Waals surface area contributed by atoms with E-state index in [4.69, 9.17) is 4.74 Å². The van der Waals surface area contributed by atoms with Gasteiger partial charge < -0.3 is 24.6 Å². The van der Waals surface area contributed by atoms with Crippen molar-refractivity contribution in [1.29, 1.82) is 0 Å². The molecule has 0 aliphatic carbocycles. The second-order valence-electron chi connectivity index (χ2n) is 8.44. The highest BCUT2D eigenvalue weighted by molar-refractivity contribution is 5.95. The summed E-state index contributed by atoms with van der Waals surface area (Å²) in [7, 11) is 1.59. The lowest BCUT2D eigenvalue weighted by Crippen LogP contribution is -2.49. The molecular weight excluding hydrogens is 425 g/mol. The number of carbonyl (C=O) groups excluding carboxylic acids is 1. The molecule has 1 amide bonds. The quantitative estimate of drug-likeness (QED) is 0.545. The highest BCUT2D eigenvalue weighted by atomic mass is 19.1. The minimum atomic E-state index is -0.407. The summed E-state index contributed by atoms with van der Waals surface area (Å²) in [5.74, 6) is -0.0630. The third kappa shape index (κ3) is 4.89. The van der Waals surface area contributed by atoms with Gasteiger partial charge in [0.2, 0.25) is 5.95 Å². The molecule has 2 N–H and O–H groups in total. The van der Waals surface area contributed by atoms with Gasteiger partial charge in [0.25, 0.3) is 5.91 Å². The Morgan fingerprint density at radius 1 is 1.27 bits per heavy atom. The van der Waals surface area contributed by atoms with E-state index in [0.717, 1.165) is 5.56 Å². The van der Waals surface area contributed by atoms with Crippen LogP contribution >= 0.6 is 0 Å². The summed E-state index contributed by atoms with van der Waals surface area (Å²) in [6, 6.07) is 7.80. The Morgan fingerprint density at radius 3 is 2.82 bits per heavy atom. The molecule has 3 aromatic rings. The number of carbonyl (C=O) groups is 1. The van der Waals surface area contributed by atoms with Gasteiger partial charge in [0, 0.05) is 44.2 Å². The van der Waals surface area contributed by atoms with Crippen LogP contribution in [0.3, 0.4) is 0 Å². The average Bonchev–Trinajstić information content (AvgIpc) is 3.21. The average molecular weight is 454 g/mol. The standard InChI is InChI=1S/C24H28FN5O3/c1-15(2)27-24-26-7-6-21(28-24)18-9-22-23(32)30(20(14-33-3)12-29(22)10-18)11-17-8-19(25)5-4-16(17)13-31/h4-10,15,20,31H,11-14H2,1-3H3,(H,26,27,28)/t20-/m1/s1. The van der Waals surface area contributed by atoms with Crippen LogP contribution in [0.2, 0.25) is 0 Å². The normalized spacial score (nSPS) is 15.8. The number of anilines is 1. The Bertz CT molecular complexity index is 1150. The van der Waals surface area contributed by atoms with Gasteiger partial charge in [-0.05, 0) is 49.2 Å². The second kappa shape index (κ2) is 9.68.